The predicted molar refractivity (Wildman–Crippen MR) is 98.2 cm³/mol. The molecule has 0 bridgehead atoms. The monoisotopic (exact) mass is 381 g/mol. The van der Waals surface area contributed by atoms with Crippen LogP contribution in [-0.2, 0) is 4.74 Å². The maximum absolute atomic E-state index is 12.9. The predicted octanol–water partition coefficient (Wildman–Crippen LogP) is 0.909. The lowest BCUT2D eigenvalue weighted by molar-refractivity contribution is 0.0298. The highest BCUT2D eigenvalue weighted by atomic mass is 16.5. The van der Waals surface area contributed by atoms with Crippen molar-refractivity contribution in [2.24, 2.45) is 0 Å². The van der Waals surface area contributed by atoms with Crippen molar-refractivity contribution in [1.82, 2.24) is 34.8 Å². The Bertz CT molecular complexity index is 964. The Kier molecular flexibility index (Phi) is 4.94. The molecule has 0 aliphatic carbocycles. The summed E-state index contributed by atoms with van der Waals surface area (Å²) in [5.41, 5.74) is 2.28. The molecule has 1 fully saturated rings. The minimum atomic E-state index is -0.162. The summed E-state index contributed by atoms with van der Waals surface area (Å²) in [7, 11) is 1.52. The zero-order chi connectivity index (χ0) is 19.5. The fraction of sp³-hybridized carbons (Fsp3) is 0.333. The Morgan fingerprint density at radius 1 is 1.14 bits per heavy atom. The molecule has 1 aliphatic rings. The quantitative estimate of drug-likeness (QED) is 0.656. The van der Waals surface area contributed by atoms with E-state index in [2.05, 4.69) is 25.3 Å². The number of methoxy groups -OCH3 is 1. The smallest absolute Gasteiger partial charge is 0.274 e. The van der Waals surface area contributed by atoms with Crippen molar-refractivity contribution in [2.75, 3.05) is 33.4 Å². The molecule has 1 amide bonds. The summed E-state index contributed by atoms with van der Waals surface area (Å²) < 4.78 is 11.9. The molecule has 1 saturated heterocycles. The Balaban J connectivity index is 1.76. The number of morpholine rings is 1. The molecule has 4 heterocycles. The average Bonchev–Trinajstić information content (AvgIpc) is 3.20. The highest BCUT2D eigenvalue weighted by Gasteiger charge is 2.24. The summed E-state index contributed by atoms with van der Waals surface area (Å²) in [6.07, 6.45) is 3.30. The van der Waals surface area contributed by atoms with E-state index in [9.17, 15) is 4.79 Å². The van der Waals surface area contributed by atoms with Crippen molar-refractivity contribution >= 4 is 5.91 Å². The van der Waals surface area contributed by atoms with Gasteiger partial charge >= 0.3 is 0 Å². The molecule has 0 aromatic carbocycles. The second-order valence-corrected chi connectivity index (χ2v) is 6.21. The topological polar surface area (TPSA) is 108 Å². The lowest BCUT2D eigenvalue weighted by Crippen LogP contribution is -2.40. The van der Waals surface area contributed by atoms with E-state index < -0.39 is 0 Å². The van der Waals surface area contributed by atoms with Gasteiger partial charge in [0.25, 0.3) is 5.91 Å². The molecule has 0 spiro atoms. The molecular weight excluding hydrogens is 362 g/mol. The number of hydrogen-bond donors (Lipinski definition) is 0. The van der Waals surface area contributed by atoms with Gasteiger partial charge in [-0.2, -0.15) is 5.10 Å². The molecule has 144 valence electrons. The summed E-state index contributed by atoms with van der Waals surface area (Å²) >= 11 is 0. The third kappa shape index (κ3) is 3.54. The van der Waals surface area contributed by atoms with Crippen LogP contribution in [0.4, 0.5) is 0 Å². The van der Waals surface area contributed by atoms with Crippen LogP contribution in [0.15, 0.2) is 30.6 Å². The van der Waals surface area contributed by atoms with E-state index in [1.165, 1.54) is 7.11 Å². The van der Waals surface area contributed by atoms with E-state index in [-0.39, 0.29) is 5.91 Å². The third-order valence-corrected chi connectivity index (χ3v) is 4.32. The van der Waals surface area contributed by atoms with Crippen molar-refractivity contribution in [1.29, 1.82) is 0 Å². The van der Waals surface area contributed by atoms with Gasteiger partial charge in [0.2, 0.25) is 5.88 Å². The standard InChI is InChI=1S/C18H19N7O3/c1-12-10-20-14(11-19-12)15-9-13(18(26)24-5-7-28-8-6-24)23-25(15)16-3-4-17(27-2)22-21-16/h3-4,9-11H,5-8H2,1-2H3. The molecule has 3 aromatic rings. The van der Waals surface area contributed by atoms with Crippen molar-refractivity contribution in [3.63, 3.8) is 0 Å². The molecule has 4 rings (SSSR count). The number of hydrogen-bond acceptors (Lipinski definition) is 8. The van der Waals surface area contributed by atoms with E-state index in [1.807, 2.05) is 6.92 Å². The first kappa shape index (κ1) is 18.0. The third-order valence-electron chi connectivity index (χ3n) is 4.32. The molecule has 10 heteroatoms. The lowest BCUT2D eigenvalue weighted by Gasteiger charge is -2.25. The van der Waals surface area contributed by atoms with Gasteiger partial charge in [-0.3, -0.25) is 14.8 Å². The Hall–Kier alpha value is -3.40. The van der Waals surface area contributed by atoms with Gasteiger partial charge in [0.05, 0.1) is 37.9 Å². The zero-order valence-electron chi connectivity index (χ0n) is 15.6. The number of carbonyl (C=O) groups excluding carboxylic acids is 1. The van der Waals surface area contributed by atoms with Crippen LogP contribution in [0.2, 0.25) is 0 Å². The van der Waals surface area contributed by atoms with Gasteiger partial charge < -0.3 is 14.4 Å². The summed E-state index contributed by atoms with van der Waals surface area (Å²) in [5.74, 6) is 0.668. The van der Waals surface area contributed by atoms with Crippen LogP contribution in [0.5, 0.6) is 5.88 Å². The first-order valence-corrected chi connectivity index (χ1v) is 8.80. The summed E-state index contributed by atoms with van der Waals surface area (Å²) in [4.78, 5) is 23.3. The number of aromatic nitrogens is 6. The van der Waals surface area contributed by atoms with Crippen LogP contribution in [0, 0.1) is 6.92 Å². The highest BCUT2D eigenvalue weighted by Crippen LogP contribution is 2.22. The van der Waals surface area contributed by atoms with Gasteiger partial charge in [0.15, 0.2) is 11.5 Å². The Morgan fingerprint density at radius 2 is 1.96 bits per heavy atom. The number of ether oxygens (including phenoxy) is 2. The van der Waals surface area contributed by atoms with Crippen LogP contribution in [-0.4, -0.2) is 74.2 Å². The molecule has 1 aliphatic heterocycles. The number of carbonyl (C=O) groups is 1. The molecule has 0 unspecified atom stereocenters. The molecule has 0 N–H and O–H groups in total. The Morgan fingerprint density at radius 3 is 2.61 bits per heavy atom. The van der Waals surface area contributed by atoms with Gasteiger partial charge in [0, 0.05) is 25.4 Å². The maximum Gasteiger partial charge on any atom is 0.274 e. The van der Waals surface area contributed by atoms with E-state index in [0.717, 1.165) is 5.69 Å². The first-order valence-electron chi connectivity index (χ1n) is 8.80. The van der Waals surface area contributed by atoms with Crippen molar-refractivity contribution in [2.45, 2.75) is 6.92 Å². The maximum atomic E-state index is 12.9. The summed E-state index contributed by atoms with van der Waals surface area (Å²) in [6, 6.07) is 5.09. The van der Waals surface area contributed by atoms with Gasteiger partial charge in [-0.05, 0) is 19.1 Å². The number of aryl methyl sites for hydroxylation is 1. The minimum absolute atomic E-state index is 0.162. The highest BCUT2D eigenvalue weighted by molar-refractivity contribution is 5.93. The van der Waals surface area contributed by atoms with Gasteiger partial charge in [-0.25, -0.2) is 4.68 Å². The number of nitrogens with zero attached hydrogens (tertiary/aromatic N) is 7. The van der Waals surface area contributed by atoms with E-state index in [4.69, 9.17) is 9.47 Å². The van der Waals surface area contributed by atoms with Crippen LogP contribution in [0.1, 0.15) is 16.2 Å². The average molecular weight is 381 g/mol. The molecular formula is C18H19N7O3. The van der Waals surface area contributed by atoms with Crippen molar-refractivity contribution in [3.8, 4) is 23.1 Å². The minimum Gasteiger partial charge on any atom is -0.480 e. The number of amides is 1. The SMILES string of the molecule is COc1ccc(-n2nc(C(=O)N3CCOCC3)cc2-c2cnc(C)cn2)nn1. The molecule has 3 aromatic heterocycles. The molecule has 0 radical (unpaired) electrons. The fourth-order valence-electron chi connectivity index (χ4n) is 2.83. The first-order chi connectivity index (χ1) is 13.7. The molecule has 28 heavy (non-hydrogen) atoms. The van der Waals surface area contributed by atoms with Gasteiger partial charge in [0.1, 0.15) is 5.69 Å². The summed E-state index contributed by atoms with van der Waals surface area (Å²) in [5, 5.41) is 12.6. The largest absolute Gasteiger partial charge is 0.480 e. The van der Waals surface area contributed by atoms with E-state index >= 15 is 0 Å². The van der Waals surface area contributed by atoms with E-state index in [0.29, 0.717) is 55.1 Å². The second-order valence-electron chi connectivity index (χ2n) is 6.21. The molecule has 10 nitrogen and oxygen atoms in total. The van der Waals surface area contributed by atoms with E-state index in [1.54, 1.807) is 40.2 Å². The van der Waals surface area contributed by atoms with Crippen LogP contribution >= 0.6 is 0 Å². The van der Waals surface area contributed by atoms with Crippen LogP contribution < -0.4 is 4.74 Å². The van der Waals surface area contributed by atoms with Gasteiger partial charge in [-0.15, -0.1) is 10.2 Å². The normalized spacial score (nSPS) is 14.1. The summed E-state index contributed by atoms with van der Waals surface area (Å²) in [6.45, 7) is 3.97. The Labute approximate surface area is 161 Å². The lowest BCUT2D eigenvalue weighted by atomic mass is 10.2. The van der Waals surface area contributed by atoms with Crippen LogP contribution in [0.3, 0.4) is 0 Å². The van der Waals surface area contributed by atoms with Gasteiger partial charge in [-0.1, -0.05) is 0 Å². The van der Waals surface area contributed by atoms with Crippen LogP contribution in [0.25, 0.3) is 17.2 Å². The van der Waals surface area contributed by atoms with Crippen molar-refractivity contribution in [3.05, 3.63) is 42.0 Å². The zero-order valence-corrected chi connectivity index (χ0v) is 15.6. The second kappa shape index (κ2) is 7.69. The molecule has 0 atom stereocenters. The van der Waals surface area contributed by atoms with Crippen molar-refractivity contribution < 1.29 is 14.3 Å². The molecule has 0 saturated carbocycles. The number of rotatable bonds is 4. The fourth-order valence-corrected chi connectivity index (χ4v) is 2.83.